The molecule has 6 heteroatoms. The predicted octanol–water partition coefficient (Wildman–Crippen LogP) is 5.94. The molecule has 6 nitrogen and oxygen atoms in total. The van der Waals surface area contributed by atoms with E-state index in [1.54, 1.807) is 0 Å². The normalized spacial score (nSPS) is 10.5. The van der Waals surface area contributed by atoms with Crippen LogP contribution in [-0.2, 0) is 9.47 Å². The summed E-state index contributed by atoms with van der Waals surface area (Å²) >= 11 is 0. The van der Waals surface area contributed by atoms with Gasteiger partial charge in [0.15, 0.2) is 0 Å². The van der Waals surface area contributed by atoms with Gasteiger partial charge >= 0.3 is 12.2 Å². The fourth-order valence-electron chi connectivity index (χ4n) is 2.78. The SMILES string of the molecule is CCCCNC(=O)OCCCCCCCCCCCCOC(=O)NCCCC. The molecular weight excluding hydrogens is 356 g/mol. The molecule has 0 aromatic rings. The zero-order chi connectivity index (χ0) is 20.7. The molecule has 0 aromatic carbocycles. The summed E-state index contributed by atoms with van der Waals surface area (Å²) in [5, 5.41) is 5.51. The molecule has 0 saturated heterocycles. The lowest BCUT2D eigenvalue weighted by molar-refractivity contribution is 0.142. The lowest BCUT2D eigenvalue weighted by atomic mass is 10.1. The molecule has 0 radical (unpaired) electrons. The number of nitrogens with one attached hydrogen (secondary N) is 2. The maximum Gasteiger partial charge on any atom is 0.407 e. The van der Waals surface area contributed by atoms with Crippen LogP contribution in [0.1, 0.15) is 104 Å². The van der Waals surface area contributed by atoms with Gasteiger partial charge in [-0.15, -0.1) is 0 Å². The standard InChI is InChI=1S/C22H44N2O4/c1-3-5-17-23-21(25)27-19-15-13-11-9-7-8-10-12-14-16-20-28-22(26)24-18-6-4-2/h3-20H2,1-2H3,(H,23,25)(H,24,26). The minimum Gasteiger partial charge on any atom is -0.450 e. The van der Waals surface area contributed by atoms with Gasteiger partial charge < -0.3 is 20.1 Å². The second-order valence-electron chi connectivity index (χ2n) is 7.37. The van der Waals surface area contributed by atoms with Gasteiger partial charge in [0, 0.05) is 13.1 Å². The van der Waals surface area contributed by atoms with Gasteiger partial charge in [0.2, 0.25) is 0 Å². The first-order chi connectivity index (χ1) is 13.7. The average molecular weight is 401 g/mol. The Morgan fingerprint density at radius 1 is 0.536 bits per heavy atom. The third-order valence-corrected chi connectivity index (χ3v) is 4.60. The molecule has 2 N–H and O–H groups in total. The molecule has 0 heterocycles. The zero-order valence-electron chi connectivity index (χ0n) is 18.4. The fraction of sp³-hybridized carbons (Fsp3) is 0.909. The van der Waals surface area contributed by atoms with E-state index >= 15 is 0 Å². The number of rotatable bonds is 19. The van der Waals surface area contributed by atoms with Crippen LogP contribution in [0.25, 0.3) is 0 Å². The zero-order valence-corrected chi connectivity index (χ0v) is 18.4. The molecule has 0 aliphatic carbocycles. The van der Waals surface area contributed by atoms with Gasteiger partial charge in [-0.1, -0.05) is 78.1 Å². The number of unbranched alkanes of at least 4 members (excludes halogenated alkanes) is 11. The summed E-state index contributed by atoms with van der Waals surface area (Å²) in [7, 11) is 0. The maximum atomic E-state index is 11.3. The third-order valence-electron chi connectivity index (χ3n) is 4.60. The van der Waals surface area contributed by atoms with Crippen molar-refractivity contribution in [1.82, 2.24) is 10.6 Å². The van der Waals surface area contributed by atoms with E-state index in [-0.39, 0.29) is 12.2 Å². The topological polar surface area (TPSA) is 76.7 Å². The smallest absolute Gasteiger partial charge is 0.407 e. The third kappa shape index (κ3) is 20.8. The molecule has 28 heavy (non-hydrogen) atoms. The number of amides is 2. The van der Waals surface area contributed by atoms with E-state index in [1.807, 2.05) is 0 Å². The highest BCUT2D eigenvalue weighted by atomic mass is 16.6. The van der Waals surface area contributed by atoms with Crippen molar-refractivity contribution in [3.8, 4) is 0 Å². The number of hydrogen-bond donors (Lipinski definition) is 2. The van der Waals surface area contributed by atoms with Crippen molar-refractivity contribution in [2.45, 2.75) is 104 Å². The highest BCUT2D eigenvalue weighted by Gasteiger charge is 2.01. The Balaban J connectivity index is 3.16. The van der Waals surface area contributed by atoms with Crippen molar-refractivity contribution < 1.29 is 19.1 Å². The molecule has 0 aliphatic rings. The molecular formula is C22H44N2O4. The molecule has 0 aliphatic heterocycles. The summed E-state index contributed by atoms with van der Waals surface area (Å²) in [5.41, 5.74) is 0. The van der Waals surface area contributed by atoms with Gasteiger partial charge in [0.1, 0.15) is 0 Å². The summed E-state index contributed by atoms with van der Waals surface area (Å²) in [4.78, 5) is 22.7. The summed E-state index contributed by atoms with van der Waals surface area (Å²) in [6, 6.07) is 0. The lowest BCUT2D eigenvalue weighted by Gasteiger charge is -2.07. The van der Waals surface area contributed by atoms with Crippen molar-refractivity contribution in [1.29, 1.82) is 0 Å². The van der Waals surface area contributed by atoms with Gasteiger partial charge in [-0.2, -0.15) is 0 Å². The molecule has 0 rings (SSSR count). The lowest BCUT2D eigenvalue weighted by Crippen LogP contribution is -2.25. The largest absolute Gasteiger partial charge is 0.450 e. The van der Waals surface area contributed by atoms with Crippen LogP contribution >= 0.6 is 0 Å². The number of hydrogen-bond acceptors (Lipinski definition) is 4. The second-order valence-corrected chi connectivity index (χ2v) is 7.37. The Kier molecular flexibility index (Phi) is 20.7. The maximum absolute atomic E-state index is 11.3. The molecule has 2 amide bonds. The van der Waals surface area contributed by atoms with Gasteiger partial charge in [-0.05, 0) is 25.7 Å². The Labute approximate surface area is 172 Å². The van der Waals surface area contributed by atoms with E-state index < -0.39 is 0 Å². The first-order valence-corrected chi connectivity index (χ1v) is 11.5. The Bertz CT molecular complexity index is 330. The summed E-state index contributed by atoms with van der Waals surface area (Å²) in [6.45, 7) is 6.65. The van der Waals surface area contributed by atoms with E-state index in [1.165, 1.54) is 38.5 Å². The molecule has 0 spiro atoms. The average Bonchev–Trinajstić information content (AvgIpc) is 2.68. The van der Waals surface area contributed by atoms with Crippen LogP contribution in [0.15, 0.2) is 0 Å². The van der Waals surface area contributed by atoms with Crippen molar-refractivity contribution in [2.24, 2.45) is 0 Å². The van der Waals surface area contributed by atoms with Crippen LogP contribution in [0.2, 0.25) is 0 Å². The van der Waals surface area contributed by atoms with Crippen LogP contribution < -0.4 is 10.6 Å². The summed E-state index contributed by atoms with van der Waals surface area (Å²) < 4.78 is 10.3. The monoisotopic (exact) mass is 400 g/mol. The van der Waals surface area contributed by atoms with Crippen molar-refractivity contribution in [3.63, 3.8) is 0 Å². The second kappa shape index (κ2) is 21.8. The molecule has 0 unspecified atom stereocenters. The van der Waals surface area contributed by atoms with Gasteiger partial charge in [0.05, 0.1) is 13.2 Å². The molecule has 0 aromatic heterocycles. The predicted molar refractivity (Wildman–Crippen MR) is 115 cm³/mol. The van der Waals surface area contributed by atoms with Crippen LogP contribution in [0.4, 0.5) is 9.59 Å². The highest BCUT2D eigenvalue weighted by molar-refractivity contribution is 5.67. The van der Waals surface area contributed by atoms with Crippen LogP contribution in [-0.4, -0.2) is 38.5 Å². The van der Waals surface area contributed by atoms with Crippen molar-refractivity contribution in [3.05, 3.63) is 0 Å². The molecule has 0 bridgehead atoms. The number of carbonyl (C=O) groups excluding carboxylic acids is 2. The molecule has 0 saturated carbocycles. The number of ether oxygens (including phenoxy) is 2. The van der Waals surface area contributed by atoms with E-state index in [9.17, 15) is 9.59 Å². The molecule has 0 atom stereocenters. The quantitative estimate of drug-likeness (QED) is 0.263. The minimum absolute atomic E-state index is 0.282. The number of carbonyl (C=O) groups is 2. The van der Waals surface area contributed by atoms with Gasteiger partial charge in [-0.3, -0.25) is 0 Å². The van der Waals surface area contributed by atoms with Gasteiger partial charge in [0.25, 0.3) is 0 Å². The first-order valence-electron chi connectivity index (χ1n) is 11.5. The van der Waals surface area contributed by atoms with Crippen molar-refractivity contribution >= 4 is 12.2 Å². The minimum atomic E-state index is -0.282. The Morgan fingerprint density at radius 2 is 0.857 bits per heavy atom. The van der Waals surface area contributed by atoms with E-state index in [0.717, 1.165) is 51.4 Å². The first kappa shape index (κ1) is 26.5. The molecule has 0 fully saturated rings. The Morgan fingerprint density at radius 3 is 1.18 bits per heavy atom. The highest BCUT2D eigenvalue weighted by Crippen LogP contribution is 2.10. The number of alkyl carbamates (subject to hydrolysis) is 2. The summed E-state index contributed by atoms with van der Waals surface area (Å²) in [6.07, 6.45) is 15.2. The van der Waals surface area contributed by atoms with E-state index in [0.29, 0.717) is 26.3 Å². The van der Waals surface area contributed by atoms with Crippen LogP contribution in [0.3, 0.4) is 0 Å². The molecule has 166 valence electrons. The van der Waals surface area contributed by atoms with Crippen LogP contribution in [0.5, 0.6) is 0 Å². The van der Waals surface area contributed by atoms with Crippen LogP contribution in [0, 0.1) is 0 Å². The van der Waals surface area contributed by atoms with Gasteiger partial charge in [-0.25, -0.2) is 9.59 Å². The summed E-state index contributed by atoms with van der Waals surface area (Å²) in [5.74, 6) is 0. The van der Waals surface area contributed by atoms with E-state index in [4.69, 9.17) is 9.47 Å². The fourth-order valence-corrected chi connectivity index (χ4v) is 2.78. The Hall–Kier alpha value is -1.46. The van der Waals surface area contributed by atoms with E-state index in [2.05, 4.69) is 24.5 Å². The van der Waals surface area contributed by atoms with Crippen molar-refractivity contribution in [2.75, 3.05) is 26.3 Å².